The molecular weight excluding hydrogens is 708 g/mol. The summed E-state index contributed by atoms with van der Waals surface area (Å²) in [6.07, 6.45) is 6.46. The molecule has 3 aromatic carbocycles. The minimum atomic E-state index is -0.941. The standard InChI is InChI=1S/C41H51ClN6O6/c42-33-16-10-9-15-31(33)27-35(48-38(51)26-29-13-5-3-6-14-29)41(54)46-32-21-19-30(20-22-32)25-34-40(53)45-28-39(52)44-24-12-4-11-23-43-36(49)17-7-1-2-8-18-37(50)47-34/h3,5-6,9-10,13-16,19-22,34-35H,1-2,4,7-8,11-12,17-18,23-28H2,(H,43,49)(H,44,52)(H,45,53)(H,46,54)(H,47,50)(H,48,51)/t34-,35+/m1/s1. The van der Waals surface area contributed by atoms with Gasteiger partial charge < -0.3 is 31.9 Å². The van der Waals surface area contributed by atoms with Crippen LogP contribution < -0.4 is 31.9 Å². The molecule has 6 amide bonds. The number of carbonyl (C=O) groups is 6. The normalized spacial score (nSPS) is 17.7. The predicted molar refractivity (Wildman–Crippen MR) is 209 cm³/mol. The fourth-order valence-corrected chi connectivity index (χ4v) is 6.25. The number of anilines is 1. The number of hydrogen-bond acceptors (Lipinski definition) is 6. The van der Waals surface area contributed by atoms with Crippen LogP contribution in [0.3, 0.4) is 0 Å². The predicted octanol–water partition coefficient (Wildman–Crippen LogP) is 4.15. The molecule has 3 aromatic rings. The van der Waals surface area contributed by atoms with Crippen LogP contribution in [0.5, 0.6) is 0 Å². The maximum atomic E-state index is 13.6. The first-order chi connectivity index (χ1) is 26.2. The third-order valence-electron chi connectivity index (χ3n) is 9.03. The Kier molecular flexibility index (Phi) is 17.5. The van der Waals surface area contributed by atoms with Crippen LogP contribution in [-0.4, -0.2) is 67.2 Å². The Morgan fingerprint density at radius 1 is 0.685 bits per heavy atom. The molecule has 54 heavy (non-hydrogen) atoms. The Balaban J connectivity index is 1.39. The Labute approximate surface area is 322 Å². The number of carbonyl (C=O) groups excluding carboxylic acids is 6. The number of amides is 6. The molecule has 1 aliphatic heterocycles. The second kappa shape index (κ2) is 22.8. The summed E-state index contributed by atoms with van der Waals surface area (Å²) in [5.74, 6) is -1.82. The molecular formula is C41H51ClN6O6. The summed E-state index contributed by atoms with van der Waals surface area (Å²) in [6.45, 7) is 0.817. The van der Waals surface area contributed by atoms with Gasteiger partial charge in [-0.1, -0.05) is 85.1 Å². The highest BCUT2D eigenvalue weighted by Gasteiger charge is 2.24. The van der Waals surface area contributed by atoms with Crippen molar-refractivity contribution in [2.75, 3.05) is 25.0 Å². The van der Waals surface area contributed by atoms with Crippen molar-refractivity contribution < 1.29 is 28.8 Å². The number of benzene rings is 3. The molecule has 13 heteroatoms. The summed E-state index contributed by atoms with van der Waals surface area (Å²) in [5.41, 5.74) is 2.71. The van der Waals surface area contributed by atoms with Crippen molar-refractivity contribution >= 4 is 52.7 Å². The van der Waals surface area contributed by atoms with Crippen molar-refractivity contribution in [3.63, 3.8) is 0 Å². The van der Waals surface area contributed by atoms with E-state index in [0.717, 1.165) is 44.1 Å². The van der Waals surface area contributed by atoms with E-state index in [4.69, 9.17) is 11.6 Å². The Morgan fingerprint density at radius 2 is 1.31 bits per heavy atom. The fourth-order valence-electron chi connectivity index (χ4n) is 6.03. The summed E-state index contributed by atoms with van der Waals surface area (Å²) in [6, 6.07) is 21.4. The minimum Gasteiger partial charge on any atom is -0.356 e. The van der Waals surface area contributed by atoms with Crippen molar-refractivity contribution in [3.8, 4) is 0 Å². The summed E-state index contributed by atoms with van der Waals surface area (Å²) >= 11 is 6.40. The zero-order chi connectivity index (χ0) is 38.5. The van der Waals surface area contributed by atoms with Crippen LogP contribution in [0, 0.1) is 0 Å². The van der Waals surface area contributed by atoms with Gasteiger partial charge in [0.1, 0.15) is 12.1 Å². The summed E-state index contributed by atoms with van der Waals surface area (Å²) in [4.78, 5) is 77.2. The lowest BCUT2D eigenvalue weighted by atomic mass is 10.0. The first-order valence-electron chi connectivity index (χ1n) is 18.7. The molecule has 0 spiro atoms. The van der Waals surface area contributed by atoms with E-state index in [9.17, 15) is 28.8 Å². The molecule has 1 aliphatic rings. The fraction of sp³-hybridized carbons (Fsp3) is 0.415. The summed E-state index contributed by atoms with van der Waals surface area (Å²) in [7, 11) is 0. The van der Waals surface area contributed by atoms with Gasteiger partial charge in [0.05, 0.1) is 13.0 Å². The molecule has 0 bridgehead atoms. The van der Waals surface area contributed by atoms with Crippen LogP contribution in [0.2, 0.25) is 5.02 Å². The van der Waals surface area contributed by atoms with E-state index >= 15 is 0 Å². The molecule has 0 radical (unpaired) electrons. The number of rotatable bonds is 9. The van der Waals surface area contributed by atoms with Crippen LogP contribution in [0.1, 0.15) is 74.5 Å². The molecule has 0 aliphatic carbocycles. The van der Waals surface area contributed by atoms with Gasteiger partial charge >= 0.3 is 0 Å². The Morgan fingerprint density at radius 3 is 2.02 bits per heavy atom. The quantitative estimate of drug-likeness (QED) is 0.191. The molecule has 6 N–H and O–H groups in total. The molecule has 2 atom stereocenters. The van der Waals surface area contributed by atoms with E-state index in [-0.39, 0.29) is 55.9 Å². The van der Waals surface area contributed by atoms with Gasteiger partial charge in [0.15, 0.2) is 0 Å². The van der Waals surface area contributed by atoms with Gasteiger partial charge in [-0.05, 0) is 67.0 Å². The van der Waals surface area contributed by atoms with Gasteiger partial charge in [0.2, 0.25) is 35.4 Å². The lowest BCUT2D eigenvalue weighted by Gasteiger charge is -2.20. The van der Waals surface area contributed by atoms with Gasteiger partial charge in [-0.2, -0.15) is 0 Å². The largest absolute Gasteiger partial charge is 0.356 e. The van der Waals surface area contributed by atoms with Crippen LogP contribution in [0.25, 0.3) is 0 Å². The van der Waals surface area contributed by atoms with Crippen molar-refractivity contribution in [2.24, 2.45) is 0 Å². The second-order valence-corrected chi connectivity index (χ2v) is 13.9. The molecule has 1 heterocycles. The second-order valence-electron chi connectivity index (χ2n) is 13.5. The van der Waals surface area contributed by atoms with E-state index in [1.807, 2.05) is 42.5 Å². The molecule has 0 aromatic heterocycles. The monoisotopic (exact) mass is 758 g/mol. The van der Waals surface area contributed by atoms with E-state index in [2.05, 4.69) is 31.9 Å². The maximum Gasteiger partial charge on any atom is 0.247 e. The summed E-state index contributed by atoms with van der Waals surface area (Å²) in [5, 5.41) is 17.4. The number of nitrogens with one attached hydrogen (secondary N) is 6. The molecule has 1 saturated heterocycles. The van der Waals surface area contributed by atoms with Gasteiger partial charge in [0.25, 0.3) is 0 Å². The Bertz CT molecular complexity index is 1700. The maximum absolute atomic E-state index is 13.6. The lowest BCUT2D eigenvalue weighted by molar-refractivity contribution is -0.130. The van der Waals surface area contributed by atoms with Gasteiger partial charge in [-0.15, -0.1) is 0 Å². The zero-order valence-corrected chi connectivity index (χ0v) is 31.4. The van der Waals surface area contributed by atoms with Crippen molar-refractivity contribution in [3.05, 3.63) is 101 Å². The van der Waals surface area contributed by atoms with E-state index in [0.29, 0.717) is 47.8 Å². The van der Waals surface area contributed by atoms with Crippen molar-refractivity contribution in [2.45, 2.75) is 89.1 Å². The molecule has 0 saturated carbocycles. The molecule has 288 valence electrons. The number of hydrogen-bond donors (Lipinski definition) is 6. The zero-order valence-electron chi connectivity index (χ0n) is 30.6. The Hall–Kier alpha value is -5.23. The minimum absolute atomic E-state index is 0.0235. The average molecular weight is 759 g/mol. The molecule has 4 rings (SSSR count). The smallest absolute Gasteiger partial charge is 0.247 e. The van der Waals surface area contributed by atoms with Crippen LogP contribution in [-0.2, 0) is 48.0 Å². The third-order valence-corrected chi connectivity index (χ3v) is 9.40. The van der Waals surface area contributed by atoms with Gasteiger partial charge in [-0.25, -0.2) is 0 Å². The topological polar surface area (TPSA) is 175 Å². The van der Waals surface area contributed by atoms with E-state index in [1.165, 1.54) is 0 Å². The molecule has 1 fully saturated rings. The van der Waals surface area contributed by atoms with E-state index < -0.39 is 23.9 Å². The highest BCUT2D eigenvalue weighted by atomic mass is 35.5. The van der Waals surface area contributed by atoms with Crippen LogP contribution in [0.15, 0.2) is 78.9 Å². The van der Waals surface area contributed by atoms with Gasteiger partial charge in [-0.3, -0.25) is 28.8 Å². The van der Waals surface area contributed by atoms with Crippen LogP contribution >= 0.6 is 11.6 Å². The van der Waals surface area contributed by atoms with Crippen molar-refractivity contribution in [1.82, 2.24) is 26.6 Å². The first kappa shape index (κ1) is 41.5. The average Bonchev–Trinajstić information content (AvgIpc) is 3.16. The van der Waals surface area contributed by atoms with Gasteiger partial charge in [0, 0.05) is 49.5 Å². The highest BCUT2D eigenvalue weighted by molar-refractivity contribution is 6.31. The first-order valence-corrected chi connectivity index (χ1v) is 19.1. The number of halogens is 1. The summed E-state index contributed by atoms with van der Waals surface area (Å²) < 4.78 is 0. The van der Waals surface area contributed by atoms with Crippen molar-refractivity contribution in [1.29, 1.82) is 0 Å². The van der Waals surface area contributed by atoms with Crippen LogP contribution in [0.4, 0.5) is 5.69 Å². The molecule has 0 unspecified atom stereocenters. The highest BCUT2D eigenvalue weighted by Crippen LogP contribution is 2.19. The third kappa shape index (κ3) is 15.4. The SMILES string of the molecule is O=C1CCCCCCC(=O)N[C@H](Cc2ccc(NC(=O)[C@H](Cc3ccccc3Cl)NC(=O)Cc3ccccc3)cc2)C(=O)NCC(=O)NCCCCCN1. The van der Waals surface area contributed by atoms with E-state index in [1.54, 1.807) is 36.4 Å². The molecule has 12 nitrogen and oxygen atoms in total. The lowest BCUT2D eigenvalue weighted by Crippen LogP contribution is -2.50.